The molecule has 3 atom stereocenters. The van der Waals surface area contributed by atoms with Crippen LogP contribution >= 0.6 is 23.2 Å². The summed E-state index contributed by atoms with van der Waals surface area (Å²) in [6.07, 6.45) is -0.700. The quantitative estimate of drug-likeness (QED) is 0.350. The Kier molecular flexibility index (Phi) is 9.75. The second-order valence-electron chi connectivity index (χ2n) is 10.1. The molecule has 3 aromatic rings. The molecule has 0 aliphatic carbocycles. The third kappa shape index (κ3) is 7.01. The molecule has 0 fully saturated rings. The molecule has 14 heteroatoms. The second-order valence-corrected chi connectivity index (χ2v) is 14.7. The second kappa shape index (κ2) is 12.8. The molecule has 10 nitrogen and oxygen atoms in total. The molecule has 226 valence electrons. The van der Waals surface area contributed by atoms with E-state index >= 15 is 0 Å². The van der Waals surface area contributed by atoms with Crippen LogP contribution in [0, 0.1) is 5.92 Å². The summed E-state index contributed by atoms with van der Waals surface area (Å²) in [7, 11) is -6.45. The van der Waals surface area contributed by atoms with Crippen LogP contribution in [0.25, 0.3) is 0 Å². The standard InChI is InChI=1S/C28H31Cl2N3O7S2/c1-18-15-33(19(2)17-34)28(35)25-14-22(31-41(36,37)23-9-4-20(29)5-10-23)8-13-26(25)40-27(18)16-32(3)42(38,39)24-11-6-21(30)7-12-24/h4-14,18-19,27,31,34H,15-17H2,1-3H3/t18-,19+,27+/m1/s1. The molecule has 0 radical (unpaired) electrons. The number of sulfonamides is 2. The van der Waals surface area contributed by atoms with Crippen molar-refractivity contribution in [3.05, 3.63) is 82.3 Å². The molecule has 2 N–H and O–H groups in total. The van der Waals surface area contributed by atoms with Gasteiger partial charge in [0.05, 0.1) is 34.5 Å². The number of likely N-dealkylation sites (N-methyl/N-ethyl adjacent to an activating group) is 1. The molecule has 1 aliphatic rings. The van der Waals surface area contributed by atoms with Crippen molar-refractivity contribution in [2.75, 3.05) is 31.5 Å². The van der Waals surface area contributed by atoms with Crippen molar-refractivity contribution in [3.63, 3.8) is 0 Å². The Balaban J connectivity index is 1.68. The summed E-state index contributed by atoms with van der Waals surface area (Å²) in [6, 6.07) is 15.2. The van der Waals surface area contributed by atoms with Crippen molar-refractivity contribution in [2.45, 2.75) is 35.8 Å². The fourth-order valence-corrected chi connectivity index (χ4v) is 6.95. The lowest BCUT2D eigenvalue weighted by molar-refractivity contribution is 0.0387. The van der Waals surface area contributed by atoms with Crippen molar-refractivity contribution in [3.8, 4) is 5.75 Å². The van der Waals surface area contributed by atoms with Crippen LogP contribution in [-0.4, -0.2) is 75.9 Å². The van der Waals surface area contributed by atoms with Crippen LogP contribution in [0.4, 0.5) is 5.69 Å². The number of benzene rings is 3. The molecule has 0 saturated carbocycles. The molecule has 0 spiro atoms. The highest BCUT2D eigenvalue weighted by molar-refractivity contribution is 7.92. The molecule has 42 heavy (non-hydrogen) atoms. The number of aliphatic hydroxyl groups is 1. The molecule has 0 bridgehead atoms. The van der Waals surface area contributed by atoms with Crippen molar-refractivity contribution < 1.29 is 31.5 Å². The highest BCUT2D eigenvalue weighted by atomic mass is 35.5. The van der Waals surface area contributed by atoms with E-state index in [4.69, 9.17) is 27.9 Å². The number of halogens is 2. The van der Waals surface area contributed by atoms with E-state index in [1.54, 1.807) is 6.92 Å². The summed E-state index contributed by atoms with van der Waals surface area (Å²) in [4.78, 5) is 15.2. The van der Waals surface area contributed by atoms with Crippen molar-refractivity contribution in [1.29, 1.82) is 0 Å². The summed E-state index contributed by atoms with van der Waals surface area (Å²) >= 11 is 11.8. The predicted molar refractivity (Wildman–Crippen MR) is 161 cm³/mol. The maximum atomic E-state index is 13.7. The molecule has 0 aromatic heterocycles. The number of nitrogens with one attached hydrogen (secondary N) is 1. The van der Waals surface area contributed by atoms with Crippen LogP contribution < -0.4 is 9.46 Å². The number of aliphatic hydroxyl groups excluding tert-OH is 1. The zero-order chi connectivity index (χ0) is 30.8. The van der Waals surface area contributed by atoms with E-state index in [1.165, 1.54) is 83.0 Å². The van der Waals surface area contributed by atoms with Gasteiger partial charge in [-0.05, 0) is 73.7 Å². The number of hydrogen-bond acceptors (Lipinski definition) is 7. The Morgan fingerprint density at radius 2 is 1.57 bits per heavy atom. The third-order valence-electron chi connectivity index (χ3n) is 7.00. The number of carbonyl (C=O) groups is 1. The van der Waals surface area contributed by atoms with E-state index in [-0.39, 0.29) is 52.4 Å². The number of amides is 1. The van der Waals surface area contributed by atoms with Crippen molar-refractivity contribution >= 4 is 54.8 Å². The molecule has 1 amide bonds. The van der Waals surface area contributed by atoms with E-state index < -0.39 is 38.1 Å². The number of anilines is 1. The summed E-state index contributed by atoms with van der Waals surface area (Å²) < 4.78 is 62.4. The van der Waals surface area contributed by atoms with Gasteiger partial charge in [-0.1, -0.05) is 30.1 Å². The normalized spacial score (nSPS) is 18.5. The monoisotopic (exact) mass is 655 g/mol. The molecule has 1 heterocycles. The summed E-state index contributed by atoms with van der Waals surface area (Å²) in [5, 5.41) is 10.7. The first kappa shape index (κ1) is 32.1. The van der Waals surface area contributed by atoms with Gasteiger partial charge < -0.3 is 14.7 Å². The van der Waals surface area contributed by atoms with Gasteiger partial charge in [-0.25, -0.2) is 16.8 Å². The lowest BCUT2D eigenvalue weighted by atomic mass is 9.99. The maximum absolute atomic E-state index is 13.7. The average Bonchev–Trinajstić information content (AvgIpc) is 2.95. The summed E-state index contributed by atoms with van der Waals surface area (Å²) in [5.74, 6) is -0.660. The van der Waals surface area contributed by atoms with Crippen molar-refractivity contribution in [1.82, 2.24) is 9.21 Å². The van der Waals surface area contributed by atoms with Crippen molar-refractivity contribution in [2.24, 2.45) is 5.92 Å². The topological polar surface area (TPSA) is 133 Å². The number of fused-ring (bicyclic) bond motifs is 1. The first-order chi connectivity index (χ1) is 19.7. The van der Waals surface area contributed by atoms with Gasteiger partial charge in [0.2, 0.25) is 10.0 Å². The first-order valence-electron chi connectivity index (χ1n) is 13.0. The molecule has 0 unspecified atom stereocenters. The minimum Gasteiger partial charge on any atom is -0.488 e. The highest BCUT2D eigenvalue weighted by Crippen LogP contribution is 2.32. The lowest BCUT2D eigenvalue weighted by Crippen LogP contribution is -2.50. The van der Waals surface area contributed by atoms with E-state index in [9.17, 15) is 26.7 Å². The largest absolute Gasteiger partial charge is 0.488 e. The van der Waals surface area contributed by atoms with Crippen LogP contribution in [0.5, 0.6) is 5.75 Å². The number of rotatable bonds is 9. The smallest absolute Gasteiger partial charge is 0.261 e. The first-order valence-corrected chi connectivity index (χ1v) is 16.6. The number of carbonyl (C=O) groups excluding carboxylic acids is 1. The van der Waals surface area contributed by atoms with Gasteiger partial charge in [0, 0.05) is 35.2 Å². The fourth-order valence-electron chi connectivity index (χ4n) is 4.47. The number of hydrogen-bond donors (Lipinski definition) is 2. The van der Waals surface area contributed by atoms with Crippen LogP contribution in [0.2, 0.25) is 10.0 Å². The molecule has 1 aliphatic heterocycles. The van der Waals surface area contributed by atoms with Crippen LogP contribution in [0.1, 0.15) is 24.2 Å². The number of nitrogens with zero attached hydrogens (tertiary/aromatic N) is 2. The molecule has 0 saturated heterocycles. The Bertz CT molecular complexity index is 1650. The Morgan fingerprint density at radius 3 is 2.14 bits per heavy atom. The van der Waals surface area contributed by atoms with Crippen LogP contribution in [0.15, 0.2) is 76.5 Å². The average molecular weight is 657 g/mol. The Labute approximate surface area is 255 Å². The van der Waals surface area contributed by atoms with Gasteiger partial charge in [0.1, 0.15) is 11.9 Å². The number of ether oxygens (including phenoxy) is 1. The minimum atomic E-state index is -4.00. The molecule has 3 aromatic carbocycles. The zero-order valence-corrected chi connectivity index (χ0v) is 26.2. The lowest BCUT2D eigenvalue weighted by Gasteiger charge is -2.38. The van der Waals surface area contributed by atoms with E-state index in [2.05, 4.69) is 4.72 Å². The summed E-state index contributed by atoms with van der Waals surface area (Å²) in [6.45, 7) is 3.31. The van der Waals surface area contributed by atoms with Crippen LogP contribution in [-0.2, 0) is 20.0 Å². The maximum Gasteiger partial charge on any atom is 0.261 e. The van der Waals surface area contributed by atoms with Gasteiger partial charge in [-0.15, -0.1) is 0 Å². The van der Waals surface area contributed by atoms with Gasteiger partial charge in [0.15, 0.2) is 0 Å². The van der Waals surface area contributed by atoms with E-state index in [0.29, 0.717) is 10.0 Å². The zero-order valence-electron chi connectivity index (χ0n) is 23.1. The Morgan fingerprint density at radius 1 is 1.00 bits per heavy atom. The van der Waals surface area contributed by atoms with Gasteiger partial charge in [0.25, 0.3) is 15.9 Å². The van der Waals surface area contributed by atoms with Gasteiger partial charge in [-0.2, -0.15) is 4.31 Å². The van der Waals surface area contributed by atoms with Crippen LogP contribution in [0.3, 0.4) is 0 Å². The van der Waals surface area contributed by atoms with Gasteiger partial charge >= 0.3 is 0 Å². The third-order valence-corrected chi connectivity index (χ3v) is 10.7. The van der Waals surface area contributed by atoms with Gasteiger partial charge in [-0.3, -0.25) is 9.52 Å². The minimum absolute atomic E-state index is 0.0180. The van der Waals surface area contributed by atoms with E-state index in [1.807, 2.05) is 6.92 Å². The fraction of sp³-hybridized carbons (Fsp3) is 0.321. The predicted octanol–water partition coefficient (Wildman–Crippen LogP) is 4.34. The molecular weight excluding hydrogens is 625 g/mol. The Hall–Kier alpha value is -2.87. The highest BCUT2D eigenvalue weighted by Gasteiger charge is 2.35. The summed E-state index contributed by atoms with van der Waals surface area (Å²) in [5.41, 5.74) is 0.177. The molecular formula is C28H31Cl2N3O7S2. The SMILES string of the molecule is C[C@@H]1CN([C@@H](C)CO)C(=O)c2cc(NS(=O)(=O)c3ccc(Cl)cc3)ccc2O[C@H]1CN(C)S(=O)(=O)c1ccc(Cl)cc1. The molecule has 4 rings (SSSR count). The van der Waals surface area contributed by atoms with E-state index in [0.717, 1.165) is 0 Å².